The van der Waals surface area contributed by atoms with Gasteiger partial charge in [0.1, 0.15) is 0 Å². The summed E-state index contributed by atoms with van der Waals surface area (Å²) in [6.45, 7) is 2.01. The molecule has 144 valence electrons. The van der Waals surface area contributed by atoms with Crippen LogP contribution in [0.3, 0.4) is 0 Å². The summed E-state index contributed by atoms with van der Waals surface area (Å²) in [7, 11) is -3.31. The van der Waals surface area contributed by atoms with E-state index >= 15 is 0 Å². The molecule has 0 aromatic heterocycles. The first-order valence-electron chi connectivity index (χ1n) is 8.98. The van der Waals surface area contributed by atoms with E-state index in [9.17, 15) is 13.2 Å². The van der Waals surface area contributed by atoms with Gasteiger partial charge in [0.05, 0.1) is 11.2 Å². The summed E-state index contributed by atoms with van der Waals surface area (Å²) >= 11 is 5.99. The molecule has 0 heterocycles. The summed E-state index contributed by atoms with van der Waals surface area (Å²) in [6, 6.07) is 14.5. The van der Waals surface area contributed by atoms with Crippen molar-refractivity contribution in [2.45, 2.75) is 38.1 Å². The zero-order valence-electron chi connectivity index (χ0n) is 15.2. The fraction of sp³-hybridized carbons (Fsp3) is 0.350. The van der Waals surface area contributed by atoms with Gasteiger partial charge < -0.3 is 5.32 Å². The van der Waals surface area contributed by atoms with E-state index in [1.807, 2.05) is 30.3 Å². The number of hydrogen-bond acceptors (Lipinski definition) is 3. The number of carbonyl (C=O) groups excluding carboxylic acids is 1. The van der Waals surface area contributed by atoms with Gasteiger partial charge >= 0.3 is 0 Å². The number of nitrogens with one attached hydrogen (secondary N) is 2. The van der Waals surface area contributed by atoms with Crippen molar-refractivity contribution in [3.05, 3.63) is 64.7 Å². The highest BCUT2D eigenvalue weighted by Crippen LogP contribution is 2.44. The summed E-state index contributed by atoms with van der Waals surface area (Å²) in [5.74, 6) is 0.0144. The molecule has 1 fully saturated rings. The van der Waals surface area contributed by atoms with Gasteiger partial charge in [-0.1, -0.05) is 42.3 Å². The number of halogens is 1. The lowest BCUT2D eigenvalue weighted by Crippen LogP contribution is -2.49. The van der Waals surface area contributed by atoms with Gasteiger partial charge in [0, 0.05) is 17.3 Å². The molecule has 0 saturated heterocycles. The van der Waals surface area contributed by atoms with Gasteiger partial charge in [-0.15, -0.1) is 0 Å². The molecule has 2 aromatic carbocycles. The van der Waals surface area contributed by atoms with E-state index in [0.29, 0.717) is 17.3 Å². The third-order valence-corrected chi connectivity index (χ3v) is 6.62. The van der Waals surface area contributed by atoms with Crippen LogP contribution in [-0.2, 0) is 26.8 Å². The molecular weight excluding hydrogens is 384 g/mol. The molecule has 1 aliphatic rings. The number of carbonyl (C=O) groups is 1. The smallest absolute Gasteiger partial charge is 0.232 e. The lowest BCUT2D eigenvalue weighted by atomic mass is 9.63. The Morgan fingerprint density at radius 1 is 1.15 bits per heavy atom. The Hall–Kier alpha value is -2.05. The normalized spacial score (nSPS) is 15.6. The molecule has 5 nitrogen and oxygen atoms in total. The molecule has 0 radical (unpaired) electrons. The maximum absolute atomic E-state index is 12.9. The summed E-state index contributed by atoms with van der Waals surface area (Å²) in [5.41, 5.74) is 1.83. The highest BCUT2D eigenvalue weighted by molar-refractivity contribution is 7.92. The summed E-state index contributed by atoms with van der Waals surface area (Å²) in [4.78, 5) is 12.9. The molecule has 3 rings (SSSR count). The van der Waals surface area contributed by atoms with Crippen molar-refractivity contribution in [3.8, 4) is 0 Å². The van der Waals surface area contributed by atoms with Crippen LogP contribution in [0.1, 0.15) is 37.3 Å². The number of benzene rings is 2. The Labute approximate surface area is 165 Å². The first kappa shape index (κ1) is 19.7. The van der Waals surface area contributed by atoms with Crippen LogP contribution >= 0.6 is 11.6 Å². The number of amides is 1. The molecule has 0 atom stereocenters. The first-order valence-corrected chi connectivity index (χ1v) is 11.0. The monoisotopic (exact) mass is 406 g/mol. The standard InChI is InChI=1S/C20H23ClN2O3S/c1-2-27(25,26)23-18-9-7-16(8-10-18)20(11-4-12-20)19(24)22-14-15-5-3-6-17(21)13-15/h3,5-10,13,23H,2,4,11-12,14H2,1H3,(H,22,24). The van der Waals surface area contributed by atoms with Gasteiger partial charge in [0.25, 0.3) is 0 Å². The topological polar surface area (TPSA) is 75.3 Å². The largest absolute Gasteiger partial charge is 0.351 e. The average Bonchev–Trinajstić information content (AvgIpc) is 2.60. The molecule has 1 saturated carbocycles. The minimum Gasteiger partial charge on any atom is -0.351 e. The number of sulfonamides is 1. The molecule has 0 unspecified atom stereocenters. The van der Waals surface area contributed by atoms with Gasteiger partial charge in [0.2, 0.25) is 15.9 Å². The Morgan fingerprint density at radius 3 is 2.41 bits per heavy atom. The number of hydrogen-bond donors (Lipinski definition) is 2. The highest BCUT2D eigenvalue weighted by Gasteiger charge is 2.45. The van der Waals surface area contributed by atoms with Gasteiger partial charge in [-0.3, -0.25) is 9.52 Å². The molecule has 0 spiro atoms. The predicted molar refractivity (Wildman–Crippen MR) is 108 cm³/mol. The fourth-order valence-corrected chi connectivity index (χ4v) is 4.14. The van der Waals surface area contributed by atoms with E-state index in [4.69, 9.17) is 11.6 Å². The Kier molecular flexibility index (Phi) is 5.77. The maximum atomic E-state index is 12.9. The number of rotatable bonds is 7. The zero-order chi connectivity index (χ0) is 19.5. The third kappa shape index (κ3) is 4.45. The van der Waals surface area contributed by atoms with Crippen molar-refractivity contribution < 1.29 is 13.2 Å². The Balaban J connectivity index is 1.72. The van der Waals surface area contributed by atoms with Crippen molar-refractivity contribution >= 4 is 33.2 Å². The van der Waals surface area contributed by atoms with E-state index in [-0.39, 0.29) is 11.7 Å². The van der Waals surface area contributed by atoms with Crippen LogP contribution in [-0.4, -0.2) is 20.1 Å². The Bertz CT molecular complexity index is 922. The minimum atomic E-state index is -3.31. The van der Waals surface area contributed by atoms with Crippen LogP contribution in [0.5, 0.6) is 0 Å². The molecule has 7 heteroatoms. The zero-order valence-corrected chi connectivity index (χ0v) is 16.7. The maximum Gasteiger partial charge on any atom is 0.232 e. The summed E-state index contributed by atoms with van der Waals surface area (Å²) in [6.07, 6.45) is 2.57. The van der Waals surface area contributed by atoms with Crippen molar-refractivity contribution in [3.63, 3.8) is 0 Å². The van der Waals surface area contributed by atoms with Crippen LogP contribution in [0.15, 0.2) is 48.5 Å². The molecule has 0 bridgehead atoms. The van der Waals surface area contributed by atoms with E-state index in [1.165, 1.54) is 0 Å². The quantitative estimate of drug-likeness (QED) is 0.733. The van der Waals surface area contributed by atoms with Crippen LogP contribution in [0.2, 0.25) is 5.02 Å². The molecule has 27 heavy (non-hydrogen) atoms. The van der Waals surface area contributed by atoms with E-state index in [0.717, 1.165) is 30.4 Å². The van der Waals surface area contributed by atoms with Crippen molar-refractivity contribution in [1.29, 1.82) is 0 Å². The van der Waals surface area contributed by atoms with Crippen LogP contribution < -0.4 is 10.0 Å². The number of anilines is 1. The van der Waals surface area contributed by atoms with Crippen molar-refractivity contribution in [1.82, 2.24) is 5.32 Å². The first-order chi connectivity index (χ1) is 12.8. The third-order valence-electron chi connectivity index (χ3n) is 5.07. The molecular formula is C20H23ClN2O3S. The second-order valence-electron chi connectivity index (χ2n) is 6.83. The molecule has 1 aliphatic carbocycles. The molecule has 2 N–H and O–H groups in total. The second-order valence-corrected chi connectivity index (χ2v) is 9.28. The lowest BCUT2D eigenvalue weighted by Gasteiger charge is -2.40. The predicted octanol–water partition coefficient (Wildman–Crippen LogP) is 3.84. The van der Waals surface area contributed by atoms with E-state index < -0.39 is 15.4 Å². The van der Waals surface area contributed by atoms with Crippen LogP contribution in [0.4, 0.5) is 5.69 Å². The van der Waals surface area contributed by atoms with Gasteiger partial charge in [0.15, 0.2) is 0 Å². The Morgan fingerprint density at radius 2 is 1.85 bits per heavy atom. The van der Waals surface area contributed by atoms with Gasteiger partial charge in [-0.25, -0.2) is 8.42 Å². The molecule has 2 aromatic rings. The minimum absolute atomic E-state index is 0.00406. The van der Waals surface area contributed by atoms with E-state index in [1.54, 1.807) is 25.1 Å². The average molecular weight is 407 g/mol. The van der Waals surface area contributed by atoms with Crippen molar-refractivity contribution in [2.75, 3.05) is 10.5 Å². The van der Waals surface area contributed by atoms with Crippen molar-refractivity contribution in [2.24, 2.45) is 0 Å². The highest BCUT2D eigenvalue weighted by atomic mass is 35.5. The fourth-order valence-electron chi connectivity index (χ4n) is 3.28. The summed E-state index contributed by atoms with van der Waals surface area (Å²) in [5, 5.41) is 3.66. The summed E-state index contributed by atoms with van der Waals surface area (Å²) < 4.78 is 25.9. The lowest BCUT2D eigenvalue weighted by molar-refractivity contribution is -0.130. The van der Waals surface area contributed by atoms with Gasteiger partial charge in [-0.05, 0) is 55.2 Å². The van der Waals surface area contributed by atoms with Crippen LogP contribution in [0, 0.1) is 0 Å². The van der Waals surface area contributed by atoms with Gasteiger partial charge in [-0.2, -0.15) is 0 Å². The van der Waals surface area contributed by atoms with Crippen LogP contribution in [0.25, 0.3) is 0 Å². The second kappa shape index (κ2) is 7.90. The SMILES string of the molecule is CCS(=O)(=O)Nc1ccc(C2(C(=O)NCc3cccc(Cl)c3)CCC2)cc1. The van der Waals surface area contributed by atoms with E-state index in [2.05, 4.69) is 10.0 Å². The molecule has 1 amide bonds. The molecule has 0 aliphatic heterocycles.